The molecule has 0 radical (unpaired) electrons. The Hall–Kier alpha value is -1.91. The van der Waals surface area contributed by atoms with E-state index in [1.807, 2.05) is 13.0 Å². The number of rotatable bonds is 5. The number of amides is 1. The van der Waals surface area contributed by atoms with Crippen molar-refractivity contribution in [2.24, 2.45) is 0 Å². The lowest BCUT2D eigenvalue weighted by atomic mass is 10.2. The van der Waals surface area contributed by atoms with Gasteiger partial charge in [0.05, 0.1) is 12.8 Å². The van der Waals surface area contributed by atoms with E-state index >= 15 is 0 Å². The first-order valence-corrected chi connectivity index (χ1v) is 5.56. The van der Waals surface area contributed by atoms with Crippen molar-refractivity contribution in [3.8, 4) is 5.75 Å². The maximum Gasteiger partial charge on any atom is 0.242 e. The summed E-state index contributed by atoms with van der Waals surface area (Å²) in [4.78, 5) is 11.5. The molecule has 1 aromatic rings. The number of carbonyl (C=O) groups excluding carboxylic acids is 1. The third-order valence-electron chi connectivity index (χ3n) is 2.36. The van der Waals surface area contributed by atoms with Crippen LogP contribution in [0.25, 0.3) is 0 Å². The van der Waals surface area contributed by atoms with Gasteiger partial charge < -0.3 is 21.1 Å². The monoisotopic (exact) mass is 237 g/mol. The number of hydrogen-bond donors (Lipinski definition) is 3. The molecule has 0 saturated carbocycles. The summed E-state index contributed by atoms with van der Waals surface area (Å²) in [5, 5.41) is 5.83. The molecular weight excluding hydrogens is 218 g/mol. The number of anilines is 2. The van der Waals surface area contributed by atoms with Crippen molar-refractivity contribution in [2.45, 2.75) is 19.9 Å². The second-order valence-corrected chi connectivity index (χ2v) is 3.72. The third-order valence-corrected chi connectivity index (χ3v) is 2.36. The van der Waals surface area contributed by atoms with E-state index in [0.29, 0.717) is 18.0 Å². The van der Waals surface area contributed by atoms with Gasteiger partial charge in [-0.2, -0.15) is 0 Å². The number of carbonyl (C=O) groups is 1. The van der Waals surface area contributed by atoms with Crippen LogP contribution in [0.2, 0.25) is 0 Å². The molecule has 0 aliphatic heterocycles. The van der Waals surface area contributed by atoms with E-state index in [1.165, 1.54) is 0 Å². The van der Waals surface area contributed by atoms with Gasteiger partial charge in [0, 0.05) is 18.3 Å². The summed E-state index contributed by atoms with van der Waals surface area (Å²) in [6.07, 6.45) is 0. The lowest BCUT2D eigenvalue weighted by Crippen LogP contribution is -2.37. The molecule has 1 aromatic carbocycles. The molecule has 17 heavy (non-hydrogen) atoms. The Bertz CT molecular complexity index is 393. The van der Waals surface area contributed by atoms with Gasteiger partial charge in [0.1, 0.15) is 11.8 Å². The fraction of sp³-hybridized carbons (Fsp3) is 0.417. The zero-order valence-corrected chi connectivity index (χ0v) is 10.4. The Morgan fingerprint density at radius 3 is 2.82 bits per heavy atom. The van der Waals surface area contributed by atoms with Crippen molar-refractivity contribution in [2.75, 3.05) is 24.7 Å². The average Bonchev–Trinajstić information content (AvgIpc) is 2.31. The summed E-state index contributed by atoms with van der Waals surface area (Å²) in [5.41, 5.74) is 7.08. The molecule has 0 spiro atoms. The van der Waals surface area contributed by atoms with E-state index < -0.39 is 0 Å². The van der Waals surface area contributed by atoms with E-state index in [2.05, 4.69) is 10.6 Å². The minimum atomic E-state index is -0.303. The predicted octanol–water partition coefficient (Wildman–Crippen LogP) is 1.21. The lowest BCUT2D eigenvalue weighted by Gasteiger charge is -2.15. The number of benzene rings is 1. The van der Waals surface area contributed by atoms with Crippen LogP contribution < -0.4 is 21.1 Å². The minimum Gasteiger partial charge on any atom is -0.495 e. The molecule has 0 saturated heterocycles. The maximum atomic E-state index is 11.5. The van der Waals surface area contributed by atoms with Gasteiger partial charge in [-0.15, -0.1) is 0 Å². The summed E-state index contributed by atoms with van der Waals surface area (Å²) < 4.78 is 5.11. The van der Waals surface area contributed by atoms with Gasteiger partial charge in [-0.25, -0.2) is 0 Å². The van der Waals surface area contributed by atoms with Crippen molar-refractivity contribution in [1.29, 1.82) is 0 Å². The molecule has 0 aliphatic carbocycles. The van der Waals surface area contributed by atoms with E-state index in [4.69, 9.17) is 10.5 Å². The van der Waals surface area contributed by atoms with E-state index in [-0.39, 0.29) is 11.9 Å². The summed E-state index contributed by atoms with van der Waals surface area (Å²) in [5.74, 6) is 0.557. The number of nitrogen functional groups attached to an aromatic ring is 1. The number of methoxy groups -OCH3 is 1. The second kappa shape index (κ2) is 5.98. The SMILES string of the molecule is CCNC(=O)C(C)Nc1ccc(N)c(OC)c1. The van der Waals surface area contributed by atoms with Crippen molar-refractivity contribution in [3.05, 3.63) is 18.2 Å². The molecule has 0 fully saturated rings. The molecule has 0 aliphatic rings. The van der Waals surface area contributed by atoms with Crippen molar-refractivity contribution in [1.82, 2.24) is 5.32 Å². The first-order valence-electron chi connectivity index (χ1n) is 5.56. The fourth-order valence-electron chi connectivity index (χ4n) is 1.44. The highest BCUT2D eigenvalue weighted by molar-refractivity contribution is 5.84. The standard InChI is InChI=1S/C12H19N3O2/c1-4-14-12(16)8(2)15-9-5-6-10(13)11(7-9)17-3/h5-8,15H,4,13H2,1-3H3,(H,14,16). The summed E-state index contributed by atoms with van der Waals surface area (Å²) in [6, 6.07) is 5.02. The van der Waals surface area contributed by atoms with Crippen LogP contribution in [-0.2, 0) is 4.79 Å². The number of nitrogens with two attached hydrogens (primary N) is 1. The Labute approximate surface area is 101 Å². The molecule has 1 unspecified atom stereocenters. The van der Waals surface area contributed by atoms with Crippen LogP contribution in [0.3, 0.4) is 0 Å². The molecule has 5 heteroatoms. The summed E-state index contributed by atoms with van der Waals surface area (Å²) in [6.45, 7) is 4.31. The van der Waals surface area contributed by atoms with Gasteiger partial charge >= 0.3 is 0 Å². The van der Waals surface area contributed by atoms with Crippen LogP contribution in [0.5, 0.6) is 5.75 Å². The van der Waals surface area contributed by atoms with Gasteiger partial charge in [-0.05, 0) is 26.0 Å². The molecule has 1 amide bonds. The van der Waals surface area contributed by atoms with Crippen LogP contribution in [0.1, 0.15) is 13.8 Å². The van der Waals surface area contributed by atoms with Crippen molar-refractivity contribution >= 4 is 17.3 Å². The first-order chi connectivity index (χ1) is 8.08. The molecule has 1 atom stereocenters. The van der Waals surface area contributed by atoms with Crippen LogP contribution in [-0.4, -0.2) is 25.6 Å². The highest BCUT2D eigenvalue weighted by atomic mass is 16.5. The zero-order valence-electron chi connectivity index (χ0n) is 10.4. The van der Waals surface area contributed by atoms with Gasteiger partial charge in [-0.3, -0.25) is 4.79 Å². The van der Waals surface area contributed by atoms with Crippen molar-refractivity contribution in [3.63, 3.8) is 0 Å². The van der Waals surface area contributed by atoms with Gasteiger partial charge in [-0.1, -0.05) is 0 Å². The topological polar surface area (TPSA) is 76.4 Å². The quantitative estimate of drug-likeness (QED) is 0.673. The Morgan fingerprint density at radius 2 is 2.24 bits per heavy atom. The molecular formula is C12H19N3O2. The zero-order chi connectivity index (χ0) is 12.8. The molecule has 5 nitrogen and oxygen atoms in total. The average molecular weight is 237 g/mol. The number of likely N-dealkylation sites (N-methyl/N-ethyl adjacent to an activating group) is 1. The van der Waals surface area contributed by atoms with Gasteiger partial charge in [0.15, 0.2) is 0 Å². The van der Waals surface area contributed by atoms with Crippen LogP contribution in [0.4, 0.5) is 11.4 Å². The normalized spacial score (nSPS) is 11.7. The van der Waals surface area contributed by atoms with E-state index in [0.717, 1.165) is 5.69 Å². The Kier molecular flexibility index (Phi) is 4.63. The number of hydrogen-bond acceptors (Lipinski definition) is 4. The fourth-order valence-corrected chi connectivity index (χ4v) is 1.44. The number of nitrogens with one attached hydrogen (secondary N) is 2. The van der Waals surface area contributed by atoms with E-state index in [1.54, 1.807) is 26.2 Å². The number of ether oxygens (including phenoxy) is 1. The highest BCUT2D eigenvalue weighted by Crippen LogP contribution is 2.25. The van der Waals surface area contributed by atoms with Gasteiger partial charge in [0.25, 0.3) is 0 Å². The first kappa shape index (κ1) is 13.2. The molecule has 4 N–H and O–H groups in total. The summed E-state index contributed by atoms with van der Waals surface area (Å²) >= 11 is 0. The van der Waals surface area contributed by atoms with Crippen molar-refractivity contribution < 1.29 is 9.53 Å². The van der Waals surface area contributed by atoms with Crippen LogP contribution >= 0.6 is 0 Å². The molecule has 0 bridgehead atoms. The second-order valence-electron chi connectivity index (χ2n) is 3.72. The minimum absolute atomic E-state index is 0.0386. The Morgan fingerprint density at radius 1 is 1.53 bits per heavy atom. The smallest absolute Gasteiger partial charge is 0.242 e. The predicted molar refractivity (Wildman–Crippen MR) is 69.2 cm³/mol. The molecule has 0 heterocycles. The van der Waals surface area contributed by atoms with Crippen LogP contribution in [0, 0.1) is 0 Å². The molecule has 0 aromatic heterocycles. The third kappa shape index (κ3) is 3.55. The van der Waals surface area contributed by atoms with Crippen LogP contribution in [0.15, 0.2) is 18.2 Å². The molecule has 94 valence electrons. The summed E-state index contributed by atoms with van der Waals surface area (Å²) in [7, 11) is 1.56. The lowest BCUT2D eigenvalue weighted by molar-refractivity contribution is -0.121. The largest absolute Gasteiger partial charge is 0.495 e. The molecule has 1 rings (SSSR count). The Balaban J connectivity index is 2.71. The van der Waals surface area contributed by atoms with E-state index in [9.17, 15) is 4.79 Å². The highest BCUT2D eigenvalue weighted by Gasteiger charge is 2.11. The van der Waals surface area contributed by atoms with Gasteiger partial charge in [0.2, 0.25) is 5.91 Å². The maximum absolute atomic E-state index is 11.5.